The lowest BCUT2D eigenvalue weighted by Gasteiger charge is -2.11. The number of rotatable bonds is 10. The molecule has 0 saturated carbocycles. The topological polar surface area (TPSA) is 144 Å². The molecule has 4 aromatic carbocycles. The number of amides is 3. The molecule has 218 valence electrons. The highest BCUT2D eigenvalue weighted by molar-refractivity contribution is 6.40. The number of nitrogens with zero attached hydrogens (tertiary/aromatic N) is 1. The van der Waals surface area contributed by atoms with Gasteiger partial charge in [-0.05, 0) is 79.2 Å². The number of carbonyl (C=O) groups is 4. The normalized spacial score (nSPS) is 10.5. The lowest BCUT2D eigenvalue weighted by atomic mass is 10.1. The van der Waals surface area contributed by atoms with E-state index in [1.54, 1.807) is 78.9 Å². The van der Waals surface area contributed by atoms with Gasteiger partial charge in [-0.1, -0.05) is 30.3 Å². The van der Waals surface area contributed by atoms with Gasteiger partial charge in [-0.25, -0.2) is 10.2 Å². The highest BCUT2D eigenvalue weighted by Crippen LogP contribution is 2.28. The molecule has 0 heterocycles. The fourth-order valence-corrected chi connectivity index (χ4v) is 3.77. The molecule has 3 N–H and O–H groups in total. The van der Waals surface area contributed by atoms with Gasteiger partial charge < -0.3 is 24.8 Å². The molecule has 0 spiro atoms. The maximum atomic E-state index is 12.9. The minimum Gasteiger partial charge on any atom is -0.494 e. The van der Waals surface area contributed by atoms with E-state index in [9.17, 15) is 19.2 Å². The first-order chi connectivity index (χ1) is 20.9. The summed E-state index contributed by atoms with van der Waals surface area (Å²) in [5.41, 5.74) is 3.84. The summed E-state index contributed by atoms with van der Waals surface area (Å²) in [6.45, 7) is 2.39. The fourth-order valence-electron chi connectivity index (χ4n) is 3.77. The number of para-hydroxylation sites is 1. The van der Waals surface area contributed by atoms with Crippen LogP contribution in [0.5, 0.6) is 17.2 Å². The smallest absolute Gasteiger partial charge is 0.343 e. The van der Waals surface area contributed by atoms with Gasteiger partial charge in [-0.3, -0.25) is 14.4 Å². The van der Waals surface area contributed by atoms with Crippen LogP contribution < -0.4 is 30.3 Å². The van der Waals surface area contributed by atoms with Gasteiger partial charge in [0.1, 0.15) is 5.75 Å². The number of methoxy groups -OCH3 is 1. The highest BCUT2D eigenvalue weighted by atomic mass is 16.6. The van der Waals surface area contributed by atoms with Crippen LogP contribution in [0.2, 0.25) is 0 Å². The molecule has 4 aromatic rings. The molecule has 0 aliphatic heterocycles. The lowest BCUT2D eigenvalue weighted by Crippen LogP contribution is -2.33. The molecule has 0 saturated heterocycles. The second-order valence-corrected chi connectivity index (χ2v) is 8.78. The van der Waals surface area contributed by atoms with Gasteiger partial charge in [0.05, 0.1) is 36.7 Å². The molecule has 0 radical (unpaired) electrons. The Bertz CT molecular complexity index is 1640. The standard InChI is InChI=1S/C32H28N4O7/c1-3-42-24-16-14-23(15-17-24)34-29(37)25-11-7-8-12-26(25)35-30(38)31(39)36-33-20-21-13-18-27(28(19-21)41-2)43-32(40)22-9-5-4-6-10-22/h4-20H,3H2,1-2H3,(H,34,37)(H,35,38)(H,36,39)/b33-20-. The van der Waals surface area contributed by atoms with E-state index in [-0.39, 0.29) is 22.7 Å². The van der Waals surface area contributed by atoms with Crippen LogP contribution in [0.15, 0.2) is 102 Å². The van der Waals surface area contributed by atoms with Gasteiger partial charge in [0, 0.05) is 5.69 Å². The average Bonchev–Trinajstić information content (AvgIpc) is 3.03. The molecule has 0 aliphatic rings. The third-order valence-electron chi connectivity index (χ3n) is 5.83. The summed E-state index contributed by atoms with van der Waals surface area (Å²) in [6, 6.07) is 26.3. The van der Waals surface area contributed by atoms with Crippen LogP contribution >= 0.6 is 0 Å². The van der Waals surface area contributed by atoms with Crippen LogP contribution in [-0.2, 0) is 9.59 Å². The van der Waals surface area contributed by atoms with Gasteiger partial charge in [-0.15, -0.1) is 0 Å². The number of hydrogen-bond donors (Lipinski definition) is 3. The molecule has 0 aliphatic carbocycles. The van der Waals surface area contributed by atoms with Crippen molar-refractivity contribution >= 4 is 41.3 Å². The van der Waals surface area contributed by atoms with Crippen molar-refractivity contribution in [3.8, 4) is 17.2 Å². The molecule has 43 heavy (non-hydrogen) atoms. The first-order valence-electron chi connectivity index (χ1n) is 13.1. The summed E-state index contributed by atoms with van der Waals surface area (Å²) >= 11 is 0. The fraction of sp³-hybridized carbons (Fsp3) is 0.0938. The number of carbonyl (C=O) groups excluding carboxylic acids is 4. The second kappa shape index (κ2) is 14.6. The number of nitrogens with one attached hydrogen (secondary N) is 3. The van der Waals surface area contributed by atoms with Gasteiger partial charge in [0.25, 0.3) is 5.91 Å². The predicted molar refractivity (Wildman–Crippen MR) is 161 cm³/mol. The maximum absolute atomic E-state index is 12.9. The Morgan fingerprint density at radius 2 is 1.51 bits per heavy atom. The molecular weight excluding hydrogens is 552 g/mol. The number of hydrogen-bond acceptors (Lipinski definition) is 8. The summed E-state index contributed by atoms with van der Waals surface area (Å²) in [4.78, 5) is 50.2. The zero-order valence-corrected chi connectivity index (χ0v) is 23.3. The van der Waals surface area contributed by atoms with E-state index in [1.807, 2.05) is 6.92 Å². The number of benzene rings is 4. The van der Waals surface area contributed by atoms with Crippen LogP contribution in [0.1, 0.15) is 33.2 Å². The summed E-state index contributed by atoms with van der Waals surface area (Å²) < 4.78 is 16.1. The van der Waals surface area contributed by atoms with Crippen LogP contribution in [0, 0.1) is 0 Å². The van der Waals surface area contributed by atoms with E-state index in [1.165, 1.54) is 31.5 Å². The third kappa shape index (κ3) is 8.27. The van der Waals surface area contributed by atoms with Crippen molar-refractivity contribution in [1.82, 2.24) is 5.43 Å². The molecule has 0 bridgehead atoms. The molecule has 0 unspecified atom stereocenters. The van der Waals surface area contributed by atoms with E-state index >= 15 is 0 Å². The number of ether oxygens (including phenoxy) is 3. The number of hydrazone groups is 1. The molecule has 0 fully saturated rings. The van der Waals surface area contributed by atoms with E-state index in [4.69, 9.17) is 14.2 Å². The van der Waals surface area contributed by atoms with Gasteiger partial charge in [0.15, 0.2) is 11.5 Å². The van der Waals surface area contributed by atoms with E-state index < -0.39 is 23.7 Å². The number of esters is 1. The SMILES string of the molecule is CCOc1ccc(NC(=O)c2ccccc2NC(=O)C(=O)N/N=C\c2ccc(OC(=O)c3ccccc3)c(OC)c2)cc1. The summed E-state index contributed by atoms with van der Waals surface area (Å²) in [6.07, 6.45) is 1.29. The Labute approximate surface area is 247 Å². The molecule has 11 nitrogen and oxygen atoms in total. The Kier molecular flexibility index (Phi) is 10.2. The lowest BCUT2D eigenvalue weighted by molar-refractivity contribution is -0.136. The molecule has 11 heteroatoms. The number of anilines is 2. The summed E-state index contributed by atoms with van der Waals surface area (Å²) in [5, 5.41) is 8.99. The van der Waals surface area contributed by atoms with E-state index in [2.05, 4.69) is 21.2 Å². The van der Waals surface area contributed by atoms with E-state index in [0.29, 0.717) is 29.2 Å². The van der Waals surface area contributed by atoms with Crippen LogP contribution in [-0.4, -0.2) is 43.6 Å². The van der Waals surface area contributed by atoms with Crippen molar-refractivity contribution in [3.05, 3.63) is 114 Å². The average molecular weight is 581 g/mol. The zero-order valence-electron chi connectivity index (χ0n) is 23.3. The summed E-state index contributed by atoms with van der Waals surface area (Å²) in [7, 11) is 1.42. The third-order valence-corrected chi connectivity index (χ3v) is 5.83. The quantitative estimate of drug-likeness (QED) is 0.0814. The summed E-state index contributed by atoms with van der Waals surface area (Å²) in [5.74, 6) is -1.99. The second-order valence-electron chi connectivity index (χ2n) is 8.78. The Morgan fingerprint density at radius 1 is 0.791 bits per heavy atom. The Morgan fingerprint density at radius 3 is 2.23 bits per heavy atom. The van der Waals surface area contributed by atoms with Crippen molar-refractivity contribution in [2.45, 2.75) is 6.92 Å². The monoisotopic (exact) mass is 580 g/mol. The minimum absolute atomic E-state index is 0.139. The van der Waals surface area contributed by atoms with E-state index in [0.717, 1.165) is 0 Å². The Balaban J connectivity index is 1.34. The minimum atomic E-state index is -1.06. The van der Waals surface area contributed by atoms with Crippen molar-refractivity contribution < 1.29 is 33.4 Å². The Hall–Kier alpha value is -5.97. The van der Waals surface area contributed by atoms with Crippen molar-refractivity contribution in [3.63, 3.8) is 0 Å². The predicted octanol–water partition coefficient (Wildman–Crippen LogP) is 4.65. The van der Waals surface area contributed by atoms with Crippen molar-refractivity contribution in [2.24, 2.45) is 5.10 Å². The molecule has 0 atom stereocenters. The molecule has 4 rings (SSSR count). The molecule has 0 aromatic heterocycles. The highest BCUT2D eigenvalue weighted by Gasteiger charge is 2.18. The van der Waals surface area contributed by atoms with Crippen molar-refractivity contribution in [1.29, 1.82) is 0 Å². The van der Waals surface area contributed by atoms with Crippen LogP contribution in [0.4, 0.5) is 11.4 Å². The van der Waals surface area contributed by atoms with Crippen molar-refractivity contribution in [2.75, 3.05) is 24.4 Å². The van der Waals surface area contributed by atoms with Gasteiger partial charge in [-0.2, -0.15) is 5.10 Å². The van der Waals surface area contributed by atoms with Crippen LogP contribution in [0.25, 0.3) is 0 Å². The maximum Gasteiger partial charge on any atom is 0.343 e. The molecular formula is C32H28N4O7. The molecule has 3 amide bonds. The van der Waals surface area contributed by atoms with Crippen LogP contribution in [0.3, 0.4) is 0 Å². The van der Waals surface area contributed by atoms with Gasteiger partial charge in [0.2, 0.25) is 0 Å². The first kappa shape index (κ1) is 30.0. The first-order valence-corrected chi connectivity index (χ1v) is 13.1. The largest absolute Gasteiger partial charge is 0.494 e. The van der Waals surface area contributed by atoms with Gasteiger partial charge >= 0.3 is 17.8 Å². The zero-order chi connectivity index (χ0) is 30.6.